The van der Waals surface area contributed by atoms with Crippen molar-refractivity contribution in [1.29, 1.82) is 0 Å². The van der Waals surface area contributed by atoms with E-state index in [0.29, 0.717) is 28.7 Å². The molecule has 0 saturated carbocycles. The van der Waals surface area contributed by atoms with Crippen LogP contribution in [0.3, 0.4) is 0 Å². The fourth-order valence-corrected chi connectivity index (χ4v) is 4.23. The van der Waals surface area contributed by atoms with Gasteiger partial charge in [0.25, 0.3) is 5.91 Å². The van der Waals surface area contributed by atoms with Gasteiger partial charge in [0.15, 0.2) is 0 Å². The fourth-order valence-electron chi connectivity index (χ4n) is 3.91. The minimum atomic E-state index is -0.0154. The lowest BCUT2D eigenvalue weighted by Crippen LogP contribution is -2.24. The Morgan fingerprint density at radius 2 is 1.73 bits per heavy atom. The van der Waals surface area contributed by atoms with Gasteiger partial charge >= 0.3 is 0 Å². The zero-order valence-electron chi connectivity index (χ0n) is 18.7. The van der Waals surface area contributed by atoms with Crippen LogP contribution in [0.25, 0.3) is 11.0 Å². The van der Waals surface area contributed by atoms with Crippen molar-refractivity contribution in [2.75, 3.05) is 6.54 Å². The van der Waals surface area contributed by atoms with Crippen LogP contribution < -0.4 is 5.32 Å². The number of halogens is 2. The van der Waals surface area contributed by atoms with E-state index in [2.05, 4.69) is 16.0 Å². The lowest BCUT2D eigenvalue weighted by Gasteiger charge is -2.11. The monoisotopic (exact) mass is 479 g/mol. The van der Waals surface area contributed by atoms with Crippen molar-refractivity contribution in [3.8, 4) is 0 Å². The van der Waals surface area contributed by atoms with E-state index < -0.39 is 0 Å². The summed E-state index contributed by atoms with van der Waals surface area (Å²) >= 11 is 12.3. The summed E-state index contributed by atoms with van der Waals surface area (Å²) < 4.78 is 2.26. The summed E-state index contributed by atoms with van der Waals surface area (Å²) in [6, 6.07) is 21.6. The first-order valence-corrected chi connectivity index (χ1v) is 12.0. The Labute approximate surface area is 204 Å². The number of hydrogen-bond acceptors (Lipinski definition) is 2. The van der Waals surface area contributed by atoms with Gasteiger partial charge in [0.1, 0.15) is 5.82 Å². The average Bonchev–Trinajstić information content (AvgIpc) is 3.16. The molecule has 4 rings (SSSR count). The maximum absolute atomic E-state index is 12.2. The third-order valence-electron chi connectivity index (χ3n) is 5.73. The van der Waals surface area contributed by atoms with Crippen molar-refractivity contribution >= 4 is 40.1 Å². The number of aromatic nitrogens is 2. The number of para-hydroxylation sites is 2. The Hall–Kier alpha value is -2.82. The van der Waals surface area contributed by atoms with Gasteiger partial charge in [0.05, 0.1) is 21.1 Å². The molecule has 4 nitrogen and oxygen atoms in total. The largest absolute Gasteiger partial charge is 0.352 e. The third kappa shape index (κ3) is 5.95. The van der Waals surface area contributed by atoms with E-state index in [1.165, 1.54) is 0 Å². The van der Waals surface area contributed by atoms with E-state index in [0.717, 1.165) is 53.7 Å². The van der Waals surface area contributed by atoms with Crippen LogP contribution in [0.1, 0.15) is 46.6 Å². The molecule has 0 unspecified atom stereocenters. The van der Waals surface area contributed by atoms with Crippen LogP contribution in [-0.2, 0) is 13.0 Å². The molecule has 3 aromatic carbocycles. The first-order chi connectivity index (χ1) is 16.0. The molecule has 0 fully saturated rings. The summed E-state index contributed by atoms with van der Waals surface area (Å²) in [5.74, 6) is 1.05. The van der Waals surface area contributed by atoms with Crippen LogP contribution >= 0.6 is 23.2 Å². The molecule has 1 amide bonds. The van der Waals surface area contributed by atoms with Gasteiger partial charge in [-0.15, -0.1) is 0 Å². The van der Waals surface area contributed by atoms with Crippen molar-refractivity contribution in [2.45, 2.75) is 39.2 Å². The number of aryl methyl sites for hydroxylation is 2. The normalized spacial score (nSPS) is 11.1. The van der Waals surface area contributed by atoms with E-state index >= 15 is 0 Å². The van der Waals surface area contributed by atoms with Crippen LogP contribution in [0.4, 0.5) is 0 Å². The summed E-state index contributed by atoms with van der Waals surface area (Å²) in [5, 5.41) is 4.13. The molecule has 0 aliphatic rings. The highest BCUT2D eigenvalue weighted by Crippen LogP contribution is 2.25. The predicted molar refractivity (Wildman–Crippen MR) is 136 cm³/mol. The van der Waals surface area contributed by atoms with Crippen LogP contribution in [0, 0.1) is 6.92 Å². The Morgan fingerprint density at radius 3 is 2.52 bits per heavy atom. The second-order valence-electron chi connectivity index (χ2n) is 8.28. The molecule has 0 spiro atoms. The van der Waals surface area contributed by atoms with E-state index in [4.69, 9.17) is 28.2 Å². The highest BCUT2D eigenvalue weighted by molar-refractivity contribution is 6.42. The molecule has 33 heavy (non-hydrogen) atoms. The quantitative estimate of drug-likeness (QED) is 0.267. The molecule has 4 aromatic rings. The number of nitrogens with one attached hydrogen (secondary N) is 1. The minimum absolute atomic E-state index is 0.0154. The van der Waals surface area contributed by atoms with E-state index in [-0.39, 0.29) is 5.91 Å². The van der Waals surface area contributed by atoms with Gasteiger partial charge < -0.3 is 9.88 Å². The van der Waals surface area contributed by atoms with Gasteiger partial charge in [0.2, 0.25) is 0 Å². The van der Waals surface area contributed by atoms with Crippen LogP contribution in [-0.4, -0.2) is 22.0 Å². The van der Waals surface area contributed by atoms with Gasteiger partial charge in [-0.25, -0.2) is 4.98 Å². The molecule has 0 aliphatic heterocycles. The minimum Gasteiger partial charge on any atom is -0.352 e. The molecule has 0 bridgehead atoms. The fraction of sp³-hybridized carbons (Fsp3) is 0.259. The van der Waals surface area contributed by atoms with Crippen LogP contribution in [0.2, 0.25) is 10.0 Å². The SMILES string of the molecule is Cc1ccc(C(=O)NCCCCCc2nc3ccccc3n2Cc2ccc(Cl)c(Cl)c2)cc1. The molecule has 170 valence electrons. The summed E-state index contributed by atoms with van der Waals surface area (Å²) in [7, 11) is 0. The number of fused-ring (bicyclic) bond motifs is 1. The van der Waals surface area contributed by atoms with Gasteiger partial charge in [0, 0.05) is 25.1 Å². The summed E-state index contributed by atoms with van der Waals surface area (Å²) in [6.07, 6.45) is 3.84. The number of imidazole rings is 1. The summed E-state index contributed by atoms with van der Waals surface area (Å²) in [6.45, 7) is 3.38. The molecular formula is C27H27Cl2N3O. The van der Waals surface area contributed by atoms with Gasteiger partial charge in [-0.2, -0.15) is 0 Å². The number of benzene rings is 3. The first kappa shape index (κ1) is 23.3. The predicted octanol–water partition coefficient (Wildman–Crippen LogP) is 6.84. The van der Waals surface area contributed by atoms with Gasteiger partial charge in [-0.05, 0) is 61.7 Å². The number of nitrogens with zero attached hydrogens (tertiary/aromatic N) is 2. The van der Waals surface area contributed by atoms with Gasteiger partial charge in [-0.3, -0.25) is 4.79 Å². The summed E-state index contributed by atoms with van der Waals surface area (Å²) in [5.41, 5.74) is 5.06. The lowest BCUT2D eigenvalue weighted by molar-refractivity contribution is 0.0953. The number of hydrogen-bond donors (Lipinski definition) is 1. The maximum Gasteiger partial charge on any atom is 0.251 e. The van der Waals surface area contributed by atoms with Crippen molar-refractivity contribution in [3.63, 3.8) is 0 Å². The zero-order valence-corrected chi connectivity index (χ0v) is 20.2. The van der Waals surface area contributed by atoms with E-state index in [1.54, 1.807) is 0 Å². The molecule has 0 saturated heterocycles. The lowest BCUT2D eigenvalue weighted by atomic mass is 10.1. The third-order valence-corrected chi connectivity index (χ3v) is 6.47. The van der Waals surface area contributed by atoms with Crippen molar-refractivity contribution < 1.29 is 4.79 Å². The molecule has 1 N–H and O–H groups in total. The standard InChI is InChI=1S/C27H27Cl2N3O/c1-19-10-13-21(14-11-19)27(33)30-16-6-2-3-9-26-31-24-7-4-5-8-25(24)32(26)18-20-12-15-22(28)23(29)17-20/h4-5,7-8,10-15,17H,2-3,6,9,16,18H2,1H3,(H,30,33). The molecule has 0 radical (unpaired) electrons. The Kier molecular flexibility index (Phi) is 7.69. The van der Waals surface area contributed by atoms with Gasteiger partial charge in [-0.1, -0.05) is 65.5 Å². The van der Waals surface area contributed by atoms with Crippen molar-refractivity contribution in [2.24, 2.45) is 0 Å². The molecular weight excluding hydrogens is 453 g/mol. The Morgan fingerprint density at radius 1 is 0.939 bits per heavy atom. The molecule has 6 heteroatoms. The van der Waals surface area contributed by atoms with Crippen molar-refractivity contribution in [1.82, 2.24) is 14.9 Å². The maximum atomic E-state index is 12.2. The highest BCUT2D eigenvalue weighted by Gasteiger charge is 2.12. The molecule has 0 aliphatic carbocycles. The number of carbonyl (C=O) groups is 1. The van der Waals surface area contributed by atoms with E-state index in [1.807, 2.05) is 67.6 Å². The Bertz CT molecular complexity index is 1250. The first-order valence-electron chi connectivity index (χ1n) is 11.2. The molecule has 1 heterocycles. The Balaban J connectivity index is 1.33. The molecule has 1 aromatic heterocycles. The zero-order chi connectivity index (χ0) is 23.2. The number of rotatable bonds is 9. The van der Waals surface area contributed by atoms with Crippen LogP contribution in [0.5, 0.6) is 0 Å². The second-order valence-corrected chi connectivity index (χ2v) is 9.10. The van der Waals surface area contributed by atoms with Crippen molar-refractivity contribution in [3.05, 3.63) is 99.3 Å². The smallest absolute Gasteiger partial charge is 0.251 e. The topological polar surface area (TPSA) is 46.9 Å². The second kappa shape index (κ2) is 10.9. The summed E-state index contributed by atoms with van der Waals surface area (Å²) in [4.78, 5) is 17.1. The highest BCUT2D eigenvalue weighted by atomic mass is 35.5. The number of unbranched alkanes of at least 4 members (excludes halogenated alkanes) is 2. The number of amides is 1. The number of carbonyl (C=O) groups excluding carboxylic acids is 1. The van der Waals surface area contributed by atoms with E-state index in [9.17, 15) is 4.79 Å². The average molecular weight is 480 g/mol. The van der Waals surface area contributed by atoms with Crippen LogP contribution in [0.15, 0.2) is 66.7 Å². The molecule has 0 atom stereocenters.